The number of carboxylic acids is 1. The topological polar surface area (TPSA) is 92.4 Å². The van der Waals surface area contributed by atoms with Gasteiger partial charge in [-0.3, -0.25) is 9.59 Å². The number of aryl methyl sites for hydroxylation is 2. The van der Waals surface area contributed by atoms with Crippen molar-refractivity contribution in [1.29, 1.82) is 0 Å². The first-order valence-corrected chi connectivity index (χ1v) is 4.39. The van der Waals surface area contributed by atoms with Gasteiger partial charge in [0.2, 0.25) is 5.76 Å². The van der Waals surface area contributed by atoms with Gasteiger partial charge in [-0.15, -0.1) is 0 Å². The summed E-state index contributed by atoms with van der Waals surface area (Å²) in [7, 11) is 0. The Morgan fingerprint density at radius 3 is 2.47 bits per heavy atom. The maximum Gasteiger partial charge on any atom is 0.325 e. The highest BCUT2D eigenvalue weighted by Gasteiger charge is 2.20. The molecule has 15 heavy (non-hydrogen) atoms. The van der Waals surface area contributed by atoms with Gasteiger partial charge in [0.1, 0.15) is 6.04 Å². The summed E-state index contributed by atoms with van der Waals surface area (Å²) in [5.41, 5.74) is 0.447. The molecule has 0 saturated heterocycles. The van der Waals surface area contributed by atoms with E-state index in [-0.39, 0.29) is 5.76 Å². The quantitative estimate of drug-likeness (QED) is 0.760. The van der Waals surface area contributed by atoms with E-state index in [0.717, 1.165) is 0 Å². The number of hydrogen-bond donors (Lipinski definition) is 2. The van der Waals surface area contributed by atoms with Crippen molar-refractivity contribution < 1.29 is 19.1 Å². The molecule has 6 heteroatoms. The van der Waals surface area contributed by atoms with Crippen LogP contribution in [0.2, 0.25) is 0 Å². The van der Waals surface area contributed by atoms with E-state index in [0.29, 0.717) is 11.6 Å². The molecule has 1 unspecified atom stereocenters. The Balaban J connectivity index is 2.77. The number of amides is 1. The second-order valence-electron chi connectivity index (χ2n) is 3.18. The van der Waals surface area contributed by atoms with Gasteiger partial charge in [0.15, 0.2) is 5.89 Å². The summed E-state index contributed by atoms with van der Waals surface area (Å²) in [6.45, 7) is 4.61. The monoisotopic (exact) mass is 212 g/mol. The van der Waals surface area contributed by atoms with Crippen LogP contribution < -0.4 is 5.32 Å². The van der Waals surface area contributed by atoms with Gasteiger partial charge < -0.3 is 14.8 Å². The molecule has 1 atom stereocenters. The van der Waals surface area contributed by atoms with E-state index in [1.807, 2.05) is 0 Å². The van der Waals surface area contributed by atoms with Crippen LogP contribution in [0, 0.1) is 13.8 Å². The maximum atomic E-state index is 11.5. The number of oxazole rings is 1. The van der Waals surface area contributed by atoms with E-state index in [1.54, 1.807) is 13.8 Å². The standard InChI is InChI=1S/C9H12N2O4/c1-4-7(15-6(3)10-4)8(12)11-5(2)9(13)14/h5H,1-3H3,(H,11,12)(H,13,14). The number of carboxylic acid groups (broad SMARTS) is 1. The van der Waals surface area contributed by atoms with Crippen molar-refractivity contribution in [2.75, 3.05) is 0 Å². The van der Waals surface area contributed by atoms with Crippen LogP contribution in [0.4, 0.5) is 0 Å². The molecule has 0 radical (unpaired) electrons. The average molecular weight is 212 g/mol. The van der Waals surface area contributed by atoms with Crippen LogP contribution in [-0.4, -0.2) is 28.0 Å². The van der Waals surface area contributed by atoms with Crippen molar-refractivity contribution in [1.82, 2.24) is 10.3 Å². The van der Waals surface area contributed by atoms with Crippen molar-refractivity contribution in [2.45, 2.75) is 26.8 Å². The number of nitrogens with one attached hydrogen (secondary N) is 1. The molecule has 0 aromatic carbocycles. The number of carbonyl (C=O) groups is 2. The molecule has 0 aliphatic heterocycles. The Bertz CT molecular complexity index is 397. The van der Waals surface area contributed by atoms with E-state index < -0.39 is 17.9 Å². The Morgan fingerprint density at radius 2 is 2.07 bits per heavy atom. The Labute approximate surface area is 86.3 Å². The summed E-state index contributed by atoms with van der Waals surface area (Å²) in [4.78, 5) is 25.9. The van der Waals surface area contributed by atoms with Gasteiger partial charge in [-0.1, -0.05) is 0 Å². The third-order valence-corrected chi connectivity index (χ3v) is 1.83. The Kier molecular flexibility index (Phi) is 3.08. The summed E-state index contributed by atoms with van der Waals surface area (Å²) < 4.78 is 5.04. The number of rotatable bonds is 3. The molecular weight excluding hydrogens is 200 g/mol. The van der Waals surface area contributed by atoms with Crippen LogP contribution >= 0.6 is 0 Å². The fourth-order valence-electron chi connectivity index (χ4n) is 1.07. The number of aromatic nitrogens is 1. The van der Waals surface area contributed by atoms with Crippen LogP contribution in [0.15, 0.2) is 4.42 Å². The molecule has 82 valence electrons. The molecule has 0 aliphatic rings. The lowest BCUT2D eigenvalue weighted by atomic mass is 10.3. The minimum Gasteiger partial charge on any atom is -0.480 e. The zero-order valence-corrected chi connectivity index (χ0v) is 8.70. The van der Waals surface area contributed by atoms with Crippen molar-refractivity contribution in [3.05, 3.63) is 17.3 Å². The summed E-state index contributed by atoms with van der Waals surface area (Å²) in [6.07, 6.45) is 0. The fraction of sp³-hybridized carbons (Fsp3) is 0.444. The molecule has 0 aliphatic carbocycles. The van der Waals surface area contributed by atoms with E-state index in [2.05, 4.69) is 10.3 Å². The second kappa shape index (κ2) is 4.12. The average Bonchev–Trinajstić information content (AvgIpc) is 2.44. The number of aliphatic carboxylic acids is 1. The number of hydrogen-bond acceptors (Lipinski definition) is 4. The molecule has 1 aromatic heterocycles. The highest BCUT2D eigenvalue weighted by molar-refractivity contribution is 5.94. The van der Waals surface area contributed by atoms with E-state index in [1.165, 1.54) is 6.92 Å². The summed E-state index contributed by atoms with van der Waals surface area (Å²) >= 11 is 0. The molecule has 0 fully saturated rings. The zero-order valence-electron chi connectivity index (χ0n) is 8.70. The second-order valence-corrected chi connectivity index (χ2v) is 3.18. The highest BCUT2D eigenvalue weighted by atomic mass is 16.4. The van der Waals surface area contributed by atoms with E-state index in [4.69, 9.17) is 9.52 Å². The van der Waals surface area contributed by atoms with Gasteiger partial charge >= 0.3 is 5.97 Å². The maximum absolute atomic E-state index is 11.5. The van der Waals surface area contributed by atoms with E-state index >= 15 is 0 Å². The van der Waals surface area contributed by atoms with Crippen molar-refractivity contribution >= 4 is 11.9 Å². The Hall–Kier alpha value is -1.85. The first kappa shape index (κ1) is 11.2. The van der Waals surface area contributed by atoms with Crippen molar-refractivity contribution in [3.63, 3.8) is 0 Å². The molecule has 1 aromatic rings. The predicted octanol–water partition coefficient (Wildman–Crippen LogP) is 0.494. The minimum absolute atomic E-state index is 0.0561. The van der Waals surface area contributed by atoms with Crippen LogP contribution in [0.5, 0.6) is 0 Å². The van der Waals surface area contributed by atoms with Crippen LogP contribution in [0.1, 0.15) is 29.1 Å². The van der Waals surface area contributed by atoms with Crippen LogP contribution in [0.3, 0.4) is 0 Å². The van der Waals surface area contributed by atoms with Crippen LogP contribution in [0.25, 0.3) is 0 Å². The lowest BCUT2D eigenvalue weighted by molar-refractivity contribution is -0.138. The summed E-state index contributed by atoms with van der Waals surface area (Å²) in [6, 6.07) is -0.956. The van der Waals surface area contributed by atoms with Gasteiger partial charge in [-0.2, -0.15) is 0 Å². The predicted molar refractivity (Wildman–Crippen MR) is 50.5 cm³/mol. The lowest BCUT2D eigenvalue weighted by Crippen LogP contribution is -2.38. The molecule has 2 N–H and O–H groups in total. The van der Waals surface area contributed by atoms with Gasteiger partial charge in [-0.25, -0.2) is 4.98 Å². The first-order chi connectivity index (χ1) is 6.91. The highest BCUT2D eigenvalue weighted by Crippen LogP contribution is 2.09. The SMILES string of the molecule is Cc1nc(C)c(C(=O)NC(C)C(=O)O)o1. The van der Waals surface area contributed by atoms with Crippen molar-refractivity contribution in [2.24, 2.45) is 0 Å². The largest absolute Gasteiger partial charge is 0.480 e. The van der Waals surface area contributed by atoms with Gasteiger partial charge in [0.05, 0.1) is 5.69 Å². The third kappa shape index (κ3) is 2.55. The molecule has 1 heterocycles. The smallest absolute Gasteiger partial charge is 0.325 e. The van der Waals surface area contributed by atoms with Gasteiger partial charge in [-0.05, 0) is 13.8 Å². The minimum atomic E-state index is -1.10. The first-order valence-electron chi connectivity index (χ1n) is 4.39. The van der Waals surface area contributed by atoms with Gasteiger partial charge in [0.25, 0.3) is 5.91 Å². The molecular formula is C9H12N2O4. The summed E-state index contributed by atoms with van der Waals surface area (Å²) in [5.74, 6) is -1.23. The number of nitrogens with zero attached hydrogens (tertiary/aromatic N) is 1. The summed E-state index contributed by atoms with van der Waals surface area (Å²) in [5, 5.41) is 10.9. The van der Waals surface area contributed by atoms with Crippen LogP contribution in [-0.2, 0) is 4.79 Å². The van der Waals surface area contributed by atoms with Gasteiger partial charge in [0, 0.05) is 6.92 Å². The van der Waals surface area contributed by atoms with Crippen molar-refractivity contribution in [3.8, 4) is 0 Å². The molecule has 6 nitrogen and oxygen atoms in total. The molecule has 0 bridgehead atoms. The fourth-order valence-corrected chi connectivity index (χ4v) is 1.07. The van der Waals surface area contributed by atoms with E-state index in [9.17, 15) is 9.59 Å². The molecule has 0 spiro atoms. The number of carbonyl (C=O) groups excluding carboxylic acids is 1. The molecule has 1 amide bonds. The molecule has 1 rings (SSSR count). The zero-order chi connectivity index (χ0) is 11.6. The third-order valence-electron chi connectivity index (χ3n) is 1.83. The lowest BCUT2D eigenvalue weighted by Gasteiger charge is -2.07. The normalized spacial score (nSPS) is 12.2. The molecule has 0 saturated carbocycles. The Morgan fingerprint density at radius 1 is 1.47 bits per heavy atom.